The van der Waals surface area contributed by atoms with Gasteiger partial charge in [0.2, 0.25) is 5.91 Å². The Morgan fingerprint density at radius 1 is 1.08 bits per heavy atom. The van der Waals surface area contributed by atoms with Crippen molar-refractivity contribution in [3.63, 3.8) is 0 Å². The normalized spacial score (nSPS) is 32.5. The first-order chi connectivity index (χ1) is 17.9. The van der Waals surface area contributed by atoms with Crippen molar-refractivity contribution in [1.29, 1.82) is 0 Å². The second kappa shape index (κ2) is 10.7. The van der Waals surface area contributed by atoms with Crippen LogP contribution in [0.4, 0.5) is 5.69 Å². The highest BCUT2D eigenvalue weighted by Crippen LogP contribution is 2.61. The largest absolute Gasteiger partial charge is 0.465 e. The van der Waals surface area contributed by atoms with Gasteiger partial charge in [-0.2, -0.15) is 0 Å². The summed E-state index contributed by atoms with van der Waals surface area (Å²) in [6, 6.07) is 5.25. The number of para-hydroxylation sites is 1. The minimum atomic E-state index is -0.856. The number of thioether (sulfide) groups is 1. The molecule has 0 aromatic heterocycles. The third kappa shape index (κ3) is 4.42. The Labute approximate surface area is 222 Å². The van der Waals surface area contributed by atoms with Gasteiger partial charge in [-0.15, -0.1) is 11.8 Å². The molecular formula is C29H36N2O5S. The maximum atomic E-state index is 14.5. The summed E-state index contributed by atoms with van der Waals surface area (Å²) < 4.78 is 4.81. The number of cyclic esters (lactones) is 1. The summed E-state index contributed by atoms with van der Waals surface area (Å²) in [7, 11) is 0. The van der Waals surface area contributed by atoms with Crippen molar-refractivity contribution in [2.75, 3.05) is 31.2 Å². The summed E-state index contributed by atoms with van der Waals surface area (Å²) in [5, 5.41) is 9.15. The van der Waals surface area contributed by atoms with Crippen molar-refractivity contribution in [2.24, 2.45) is 11.8 Å². The number of ether oxygens (including phenoxy) is 1. The quantitative estimate of drug-likeness (QED) is 0.360. The predicted molar refractivity (Wildman–Crippen MR) is 144 cm³/mol. The van der Waals surface area contributed by atoms with Gasteiger partial charge in [0, 0.05) is 30.6 Å². The Bertz CT molecular complexity index is 1110. The maximum absolute atomic E-state index is 14.5. The van der Waals surface area contributed by atoms with Gasteiger partial charge in [0.15, 0.2) is 0 Å². The summed E-state index contributed by atoms with van der Waals surface area (Å²) in [6.45, 7) is 5.16. The van der Waals surface area contributed by atoms with Gasteiger partial charge in [-0.1, -0.05) is 42.5 Å². The lowest BCUT2D eigenvalue weighted by Crippen LogP contribution is -2.53. The number of hydrogen-bond donors (Lipinski definition) is 1. The van der Waals surface area contributed by atoms with E-state index in [1.54, 1.807) is 21.6 Å². The number of aliphatic hydroxyl groups is 1. The highest BCUT2D eigenvalue weighted by Gasteiger charge is 2.70. The number of esters is 1. The topological polar surface area (TPSA) is 87.2 Å². The number of likely N-dealkylation sites (tertiary alicyclic amines) is 1. The van der Waals surface area contributed by atoms with Gasteiger partial charge in [0.1, 0.15) is 6.04 Å². The van der Waals surface area contributed by atoms with Crippen molar-refractivity contribution in [2.45, 2.75) is 62.0 Å². The molecule has 4 heterocycles. The number of unbranched alkanes of at least 4 members (excludes halogenated alkanes) is 1. The van der Waals surface area contributed by atoms with E-state index in [4.69, 9.17) is 4.74 Å². The first kappa shape index (κ1) is 26.0. The van der Waals surface area contributed by atoms with Gasteiger partial charge in [0.25, 0.3) is 5.91 Å². The van der Waals surface area contributed by atoms with Gasteiger partial charge >= 0.3 is 5.97 Å². The molecule has 8 heteroatoms. The Morgan fingerprint density at radius 3 is 2.62 bits per heavy atom. The third-order valence-electron chi connectivity index (χ3n) is 8.12. The van der Waals surface area contributed by atoms with Gasteiger partial charge in [-0.25, -0.2) is 0 Å². The average Bonchev–Trinajstić information content (AvgIpc) is 3.25. The van der Waals surface area contributed by atoms with Crippen LogP contribution in [0.1, 0.15) is 43.2 Å². The van der Waals surface area contributed by atoms with Gasteiger partial charge < -0.3 is 19.6 Å². The number of carbonyl (C=O) groups excluding carboxylic acids is 3. The molecule has 2 amide bonds. The molecule has 2 saturated heterocycles. The molecule has 1 aromatic carbocycles. The van der Waals surface area contributed by atoms with E-state index in [1.807, 2.05) is 44.2 Å². The van der Waals surface area contributed by atoms with E-state index in [2.05, 4.69) is 12.2 Å². The van der Waals surface area contributed by atoms with E-state index in [-0.39, 0.29) is 29.6 Å². The summed E-state index contributed by atoms with van der Waals surface area (Å²) in [5.41, 5.74) is 2.89. The maximum Gasteiger partial charge on any atom is 0.311 e. The fourth-order valence-corrected chi connectivity index (χ4v) is 8.48. The SMILES string of the molecule is Cc1cccc(C)c1N1CC=C[C@]23S[C@@H]4/C=C\CCCCOC(=O)[C@@H]4[C@H]2C(=O)N(CCCCO)C3C1=O. The number of nitrogens with zero attached hydrogens (tertiary/aromatic N) is 2. The lowest BCUT2D eigenvalue weighted by molar-refractivity contribution is -0.153. The number of carbonyl (C=O) groups is 3. The van der Waals surface area contributed by atoms with Crippen molar-refractivity contribution >= 4 is 35.2 Å². The highest BCUT2D eigenvalue weighted by molar-refractivity contribution is 8.02. The van der Waals surface area contributed by atoms with Crippen molar-refractivity contribution in [3.8, 4) is 0 Å². The second-order valence-electron chi connectivity index (χ2n) is 10.5. The number of hydrogen-bond acceptors (Lipinski definition) is 6. The summed E-state index contributed by atoms with van der Waals surface area (Å²) in [4.78, 5) is 45.5. The fourth-order valence-electron chi connectivity index (χ4n) is 6.48. The van der Waals surface area contributed by atoms with E-state index in [0.717, 1.165) is 36.1 Å². The Hall–Kier alpha value is -2.58. The Kier molecular flexibility index (Phi) is 7.50. The molecule has 5 rings (SSSR count). The van der Waals surface area contributed by atoms with E-state index in [1.165, 1.54) is 0 Å². The predicted octanol–water partition coefficient (Wildman–Crippen LogP) is 3.56. The molecule has 0 radical (unpaired) electrons. The van der Waals surface area contributed by atoms with E-state index >= 15 is 0 Å². The number of rotatable bonds is 5. The van der Waals surface area contributed by atoms with Crippen LogP contribution in [0.3, 0.4) is 0 Å². The number of allylic oxidation sites excluding steroid dienone is 1. The molecular weight excluding hydrogens is 488 g/mol. The van der Waals surface area contributed by atoms with Crippen LogP contribution in [0.5, 0.6) is 0 Å². The number of anilines is 1. The van der Waals surface area contributed by atoms with E-state index < -0.39 is 22.6 Å². The Balaban J connectivity index is 1.61. The molecule has 0 saturated carbocycles. The van der Waals surface area contributed by atoms with E-state index in [0.29, 0.717) is 32.5 Å². The van der Waals surface area contributed by atoms with Crippen LogP contribution in [-0.2, 0) is 19.1 Å². The van der Waals surface area contributed by atoms with Crippen molar-refractivity contribution in [1.82, 2.24) is 4.90 Å². The van der Waals surface area contributed by atoms with Gasteiger partial charge in [-0.05, 0) is 57.1 Å². The molecule has 1 N–H and O–H groups in total. The van der Waals surface area contributed by atoms with Gasteiger partial charge in [-0.3, -0.25) is 14.4 Å². The zero-order valence-corrected chi connectivity index (χ0v) is 22.4. The van der Waals surface area contributed by atoms with Crippen LogP contribution in [0.25, 0.3) is 0 Å². The monoisotopic (exact) mass is 524 g/mol. The molecule has 0 bridgehead atoms. The second-order valence-corrected chi connectivity index (χ2v) is 12.0. The number of aliphatic hydroxyl groups excluding tert-OH is 1. The number of amides is 2. The lowest BCUT2D eigenvalue weighted by atomic mass is 9.78. The van der Waals surface area contributed by atoms with Crippen molar-refractivity contribution < 1.29 is 24.2 Å². The summed E-state index contributed by atoms with van der Waals surface area (Å²) >= 11 is 1.57. The zero-order valence-electron chi connectivity index (χ0n) is 21.6. The molecule has 5 atom stereocenters. The van der Waals surface area contributed by atoms with Crippen LogP contribution < -0.4 is 4.90 Å². The molecule has 1 aromatic rings. The standard InChI is InChI=1S/C29H36N2O5S/c1-19-11-9-12-20(2)24(19)30-16-10-14-29-23(26(33)31(15-6-7-17-32)25(29)27(30)34)22-21(37-29)13-5-3-4-8-18-36-28(22)35/h5,9-14,21-23,25,32H,3-4,6-8,15-18H2,1-2H3/b13-5-/t21-,22+,23+,25?,29+/m1/s1. The minimum absolute atomic E-state index is 0.0280. The molecule has 0 aliphatic carbocycles. The van der Waals surface area contributed by atoms with Crippen LogP contribution >= 0.6 is 11.8 Å². The van der Waals surface area contributed by atoms with Crippen LogP contribution in [-0.4, -0.2) is 70.1 Å². The molecule has 2 fully saturated rings. The highest BCUT2D eigenvalue weighted by atomic mass is 32.2. The molecule has 198 valence electrons. The number of fused-ring (bicyclic) bond motifs is 2. The van der Waals surface area contributed by atoms with Crippen molar-refractivity contribution in [3.05, 3.63) is 53.6 Å². The summed E-state index contributed by atoms with van der Waals surface area (Å²) in [6.07, 6.45) is 12.0. The average molecular weight is 525 g/mol. The fraction of sp³-hybridized carbons (Fsp3) is 0.552. The smallest absolute Gasteiger partial charge is 0.311 e. The van der Waals surface area contributed by atoms with Crippen LogP contribution in [0, 0.1) is 25.7 Å². The van der Waals surface area contributed by atoms with E-state index in [9.17, 15) is 19.5 Å². The minimum Gasteiger partial charge on any atom is -0.465 e. The molecule has 4 aliphatic rings. The molecule has 7 nitrogen and oxygen atoms in total. The first-order valence-electron chi connectivity index (χ1n) is 13.4. The first-order valence-corrected chi connectivity index (χ1v) is 14.3. The van der Waals surface area contributed by atoms with Crippen LogP contribution in [0.2, 0.25) is 0 Å². The molecule has 4 aliphatic heterocycles. The zero-order chi connectivity index (χ0) is 26.2. The van der Waals surface area contributed by atoms with Crippen LogP contribution in [0.15, 0.2) is 42.5 Å². The molecule has 1 spiro atoms. The molecule has 37 heavy (non-hydrogen) atoms. The number of benzene rings is 1. The third-order valence-corrected chi connectivity index (χ3v) is 9.86. The lowest BCUT2D eigenvalue weighted by Gasteiger charge is -2.36. The number of aryl methyl sites for hydroxylation is 2. The van der Waals surface area contributed by atoms with Gasteiger partial charge in [0.05, 0.1) is 23.2 Å². The molecule has 1 unspecified atom stereocenters. The summed E-state index contributed by atoms with van der Waals surface area (Å²) in [5.74, 6) is -1.92. The Morgan fingerprint density at radius 2 is 1.86 bits per heavy atom.